The molecule has 0 atom stereocenters. The average Bonchev–Trinajstić information content (AvgIpc) is 2.76. The van der Waals surface area contributed by atoms with Gasteiger partial charge < -0.3 is 14.9 Å². The first-order chi connectivity index (χ1) is 8.22. The highest BCUT2D eigenvalue weighted by molar-refractivity contribution is 5.96. The molecule has 0 bridgehead atoms. The van der Waals surface area contributed by atoms with Gasteiger partial charge in [-0.05, 0) is 13.0 Å². The number of esters is 1. The number of anilines is 1. The summed E-state index contributed by atoms with van der Waals surface area (Å²) < 4.78 is 10.2. The molecule has 2 N–H and O–H groups in total. The molecular formula is C12H12N2O3. The molecule has 1 aromatic carbocycles. The Morgan fingerprint density at radius 3 is 2.88 bits per heavy atom. The molecule has 1 heterocycles. The van der Waals surface area contributed by atoms with Gasteiger partial charge in [0.05, 0.1) is 18.4 Å². The Kier molecular flexibility index (Phi) is 3.09. The molecule has 0 aliphatic carbocycles. The zero-order valence-electron chi connectivity index (χ0n) is 9.34. The summed E-state index contributed by atoms with van der Waals surface area (Å²) >= 11 is 0. The number of nitrogens with two attached hydrogens (primary N) is 1. The first-order valence-corrected chi connectivity index (χ1v) is 5.20. The summed E-state index contributed by atoms with van der Waals surface area (Å²) in [6.45, 7) is 2.08. The lowest BCUT2D eigenvalue weighted by atomic mass is 10.1. The van der Waals surface area contributed by atoms with E-state index >= 15 is 0 Å². The lowest BCUT2D eigenvalue weighted by Crippen LogP contribution is -2.06. The van der Waals surface area contributed by atoms with E-state index < -0.39 is 5.97 Å². The standard InChI is InChI=1S/C12H12N2O3/c1-2-16-11(15)9-6-4-3-5-8(9)10-7-14-12(13)17-10/h3-7H,2H2,1H3,(H2,13,14). The number of nitrogens with zero attached hydrogens (tertiary/aromatic N) is 1. The van der Waals surface area contributed by atoms with Crippen molar-refractivity contribution in [3.63, 3.8) is 0 Å². The molecule has 0 aliphatic heterocycles. The number of aromatic nitrogens is 1. The van der Waals surface area contributed by atoms with Crippen LogP contribution in [0, 0.1) is 0 Å². The number of hydrogen-bond acceptors (Lipinski definition) is 5. The third-order valence-corrected chi connectivity index (χ3v) is 2.21. The Morgan fingerprint density at radius 2 is 2.24 bits per heavy atom. The zero-order valence-corrected chi connectivity index (χ0v) is 9.34. The maximum Gasteiger partial charge on any atom is 0.338 e. The number of nitrogen functional groups attached to an aromatic ring is 1. The second-order valence-corrected chi connectivity index (χ2v) is 3.33. The van der Waals surface area contributed by atoms with Gasteiger partial charge in [0.25, 0.3) is 6.01 Å². The Balaban J connectivity index is 2.44. The van der Waals surface area contributed by atoms with Crippen molar-refractivity contribution in [3.8, 4) is 11.3 Å². The number of oxazole rings is 1. The van der Waals surface area contributed by atoms with Gasteiger partial charge in [0.2, 0.25) is 0 Å². The van der Waals surface area contributed by atoms with Crippen LogP contribution in [0.1, 0.15) is 17.3 Å². The van der Waals surface area contributed by atoms with Crippen molar-refractivity contribution < 1.29 is 13.9 Å². The summed E-state index contributed by atoms with van der Waals surface area (Å²) in [5.74, 6) is 0.0595. The molecule has 5 nitrogen and oxygen atoms in total. The predicted molar refractivity (Wildman–Crippen MR) is 62.3 cm³/mol. The van der Waals surface area contributed by atoms with Crippen LogP contribution < -0.4 is 5.73 Å². The number of carbonyl (C=O) groups excluding carboxylic acids is 1. The fraction of sp³-hybridized carbons (Fsp3) is 0.167. The summed E-state index contributed by atoms with van der Waals surface area (Å²) in [5, 5.41) is 0. The van der Waals surface area contributed by atoms with Crippen molar-refractivity contribution in [1.29, 1.82) is 0 Å². The fourth-order valence-corrected chi connectivity index (χ4v) is 1.50. The predicted octanol–water partition coefficient (Wildman–Crippen LogP) is 2.10. The molecule has 0 unspecified atom stereocenters. The zero-order chi connectivity index (χ0) is 12.3. The second-order valence-electron chi connectivity index (χ2n) is 3.33. The van der Waals surface area contributed by atoms with Crippen molar-refractivity contribution >= 4 is 12.0 Å². The second kappa shape index (κ2) is 4.69. The van der Waals surface area contributed by atoms with Crippen molar-refractivity contribution in [2.24, 2.45) is 0 Å². The lowest BCUT2D eigenvalue weighted by Gasteiger charge is -2.05. The van der Waals surface area contributed by atoms with E-state index in [0.717, 1.165) is 0 Å². The summed E-state index contributed by atoms with van der Waals surface area (Å²) in [5.41, 5.74) is 6.46. The molecule has 2 rings (SSSR count). The normalized spacial score (nSPS) is 10.2. The van der Waals surface area contributed by atoms with Gasteiger partial charge in [0, 0.05) is 5.56 Å². The number of carbonyl (C=O) groups is 1. The monoisotopic (exact) mass is 232 g/mol. The summed E-state index contributed by atoms with van der Waals surface area (Å²) in [4.78, 5) is 15.5. The maximum atomic E-state index is 11.7. The van der Waals surface area contributed by atoms with Crippen LogP contribution in [0.2, 0.25) is 0 Å². The molecule has 0 radical (unpaired) electrons. The van der Waals surface area contributed by atoms with Gasteiger partial charge in [-0.1, -0.05) is 18.2 Å². The number of rotatable bonds is 3. The molecular weight excluding hydrogens is 220 g/mol. The van der Waals surface area contributed by atoms with Gasteiger partial charge in [-0.3, -0.25) is 0 Å². The summed E-state index contributed by atoms with van der Waals surface area (Å²) in [6.07, 6.45) is 1.48. The highest BCUT2D eigenvalue weighted by atomic mass is 16.5. The molecule has 0 spiro atoms. The van der Waals surface area contributed by atoms with Crippen LogP contribution in [0.3, 0.4) is 0 Å². The minimum Gasteiger partial charge on any atom is -0.462 e. The van der Waals surface area contributed by atoms with E-state index in [4.69, 9.17) is 14.9 Å². The molecule has 2 aromatic rings. The van der Waals surface area contributed by atoms with Gasteiger partial charge in [0.15, 0.2) is 5.76 Å². The van der Waals surface area contributed by atoms with Crippen LogP contribution in [0.5, 0.6) is 0 Å². The highest BCUT2D eigenvalue weighted by Gasteiger charge is 2.15. The first-order valence-electron chi connectivity index (χ1n) is 5.20. The van der Waals surface area contributed by atoms with E-state index in [2.05, 4.69) is 4.98 Å². The molecule has 0 saturated heterocycles. The third kappa shape index (κ3) is 2.28. The van der Waals surface area contributed by atoms with Crippen LogP contribution in [-0.2, 0) is 4.74 Å². The van der Waals surface area contributed by atoms with E-state index in [0.29, 0.717) is 23.5 Å². The molecule has 1 aromatic heterocycles. The van der Waals surface area contributed by atoms with Crippen molar-refractivity contribution in [1.82, 2.24) is 4.98 Å². The number of benzene rings is 1. The van der Waals surface area contributed by atoms with E-state index in [-0.39, 0.29) is 6.01 Å². The number of hydrogen-bond donors (Lipinski definition) is 1. The van der Waals surface area contributed by atoms with Crippen LogP contribution >= 0.6 is 0 Å². The average molecular weight is 232 g/mol. The third-order valence-electron chi connectivity index (χ3n) is 2.21. The van der Waals surface area contributed by atoms with E-state index in [1.165, 1.54) is 6.20 Å². The summed E-state index contributed by atoms with van der Waals surface area (Å²) in [6, 6.07) is 7.06. The molecule has 5 heteroatoms. The number of ether oxygens (including phenoxy) is 1. The van der Waals surface area contributed by atoms with Crippen LogP contribution in [-0.4, -0.2) is 17.6 Å². The van der Waals surface area contributed by atoms with E-state index in [9.17, 15) is 4.79 Å². The molecule has 0 amide bonds. The van der Waals surface area contributed by atoms with Crippen molar-refractivity contribution in [3.05, 3.63) is 36.0 Å². The van der Waals surface area contributed by atoms with E-state index in [1.807, 2.05) is 0 Å². The Morgan fingerprint density at radius 1 is 1.47 bits per heavy atom. The van der Waals surface area contributed by atoms with Gasteiger partial charge in [-0.2, -0.15) is 0 Å². The van der Waals surface area contributed by atoms with Gasteiger partial charge >= 0.3 is 5.97 Å². The highest BCUT2D eigenvalue weighted by Crippen LogP contribution is 2.25. The quantitative estimate of drug-likeness (QED) is 0.820. The van der Waals surface area contributed by atoms with Crippen molar-refractivity contribution in [2.45, 2.75) is 6.92 Å². The van der Waals surface area contributed by atoms with Gasteiger partial charge in [-0.15, -0.1) is 0 Å². The fourth-order valence-electron chi connectivity index (χ4n) is 1.50. The summed E-state index contributed by atoms with van der Waals surface area (Å²) in [7, 11) is 0. The minimum atomic E-state index is -0.391. The SMILES string of the molecule is CCOC(=O)c1ccccc1-c1cnc(N)o1. The largest absolute Gasteiger partial charge is 0.462 e. The van der Waals surface area contributed by atoms with Crippen LogP contribution in [0.4, 0.5) is 6.01 Å². The first kappa shape index (κ1) is 11.2. The molecule has 0 aliphatic rings. The van der Waals surface area contributed by atoms with Gasteiger partial charge in [-0.25, -0.2) is 9.78 Å². The molecule has 0 saturated carbocycles. The van der Waals surface area contributed by atoms with Crippen molar-refractivity contribution in [2.75, 3.05) is 12.3 Å². The molecule has 0 fully saturated rings. The van der Waals surface area contributed by atoms with E-state index in [1.54, 1.807) is 31.2 Å². The van der Waals surface area contributed by atoms with Crippen LogP contribution in [0.25, 0.3) is 11.3 Å². The minimum absolute atomic E-state index is 0.0682. The topological polar surface area (TPSA) is 78.3 Å². The lowest BCUT2D eigenvalue weighted by molar-refractivity contribution is 0.0527. The van der Waals surface area contributed by atoms with Gasteiger partial charge in [0.1, 0.15) is 0 Å². The Labute approximate surface area is 98.2 Å². The smallest absolute Gasteiger partial charge is 0.338 e. The Hall–Kier alpha value is -2.30. The maximum absolute atomic E-state index is 11.7. The Bertz CT molecular complexity index is 534. The van der Waals surface area contributed by atoms with Crippen LogP contribution in [0.15, 0.2) is 34.9 Å². The molecule has 17 heavy (non-hydrogen) atoms. The molecule has 88 valence electrons.